The van der Waals surface area contributed by atoms with Gasteiger partial charge in [-0.25, -0.2) is 8.78 Å². The van der Waals surface area contributed by atoms with Gasteiger partial charge in [-0.15, -0.1) is 0 Å². The Kier molecular flexibility index (Phi) is 4.69. The summed E-state index contributed by atoms with van der Waals surface area (Å²) in [5, 5.41) is 0. The Balaban J connectivity index is 2.00. The predicted octanol–water partition coefficient (Wildman–Crippen LogP) is 3.95. The van der Waals surface area contributed by atoms with E-state index in [4.69, 9.17) is 10.5 Å². The highest BCUT2D eigenvalue weighted by Crippen LogP contribution is 2.19. The first-order valence-corrected chi connectivity index (χ1v) is 6.52. The Morgan fingerprint density at radius 1 is 1.05 bits per heavy atom. The largest absolute Gasteiger partial charge is 0.489 e. The lowest BCUT2D eigenvalue weighted by molar-refractivity contribution is 0.304. The van der Waals surface area contributed by atoms with Crippen molar-refractivity contribution >= 4 is 0 Å². The lowest BCUT2D eigenvalue weighted by Gasteiger charge is -2.11. The molecule has 0 heterocycles. The van der Waals surface area contributed by atoms with Crippen molar-refractivity contribution in [2.75, 3.05) is 0 Å². The van der Waals surface area contributed by atoms with E-state index >= 15 is 0 Å². The topological polar surface area (TPSA) is 35.2 Å². The molecule has 0 aliphatic carbocycles. The van der Waals surface area contributed by atoms with Gasteiger partial charge in [0.1, 0.15) is 24.0 Å². The van der Waals surface area contributed by atoms with Crippen molar-refractivity contribution in [3.05, 3.63) is 65.2 Å². The molecule has 0 radical (unpaired) electrons. The molecule has 0 aliphatic rings. The van der Waals surface area contributed by atoms with E-state index in [2.05, 4.69) is 0 Å². The maximum atomic E-state index is 13.0. The number of hydrogen-bond donors (Lipinski definition) is 1. The summed E-state index contributed by atoms with van der Waals surface area (Å²) in [4.78, 5) is 0. The van der Waals surface area contributed by atoms with Crippen LogP contribution in [0.5, 0.6) is 5.75 Å². The maximum Gasteiger partial charge on any atom is 0.126 e. The van der Waals surface area contributed by atoms with E-state index < -0.39 is 11.6 Å². The minimum absolute atomic E-state index is 0.0152. The summed E-state index contributed by atoms with van der Waals surface area (Å²) in [6.45, 7) is 2.14. The standard InChI is InChI=1S/C16H17F2NO/c1-2-16(19)12-3-5-15(6-4-12)20-10-11-7-13(17)9-14(18)8-11/h3-9,16H,2,10,19H2,1H3/t16-/m0/s1. The van der Waals surface area contributed by atoms with Gasteiger partial charge < -0.3 is 10.5 Å². The van der Waals surface area contributed by atoms with Gasteiger partial charge in [-0.2, -0.15) is 0 Å². The maximum absolute atomic E-state index is 13.0. The molecule has 2 rings (SSSR count). The fourth-order valence-electron chi connectivity index (χ4n) is 1.91. The van der Waals surface area contributed by atoms with Crippen LogP contribution in [0.1, 0.15) is 30.5 Å². The molecule has 20 heavy (non-hydrogen) atoms. The van der Waals surface area contributed by atoms with Crippen molar-refractivity contribution in [1.29, 1.82) is 0 Å². The SMILES string of the molecule is CC[C@H](N)c1ccc(OCc2cc(F)cc(F)c2)cc1. The fourth-order valence-corrected chi connectivity index (χ4v) is 1.91. The molecule has 0 saturated heterocycles. The number of benzene rings is 2. The first-order chi connectivity index (χ1) is 9.58. The second-order valence-corrected chi connectivity index (χ2v) is 4.65. The molecule has 2 aromatic carbocycles. The van der Waals surface area contributed by atoms with Crippen LogP contribution in [0.2, 0.25) is 0 Å². The van der Waals surface area contributed by atoms with E-state index in [0.29, 0.717) is 11.3 Å². The summed E-state index contributed by atoms with van der Waals surface area (Å²) in [6.07, 6.45) is 0.864. The first kappa shape index (κ1) is 14.5. The van der Waals surface area contributed by atoms with Crippen LogP contribution in [0.25, 0.3) is 0 Å². The quantitative estimate of drug-likeness (QED) is 0.898. The predicted molar refractivity (Wildman–Crippen MR) is 74.4 cm³/mol. The monoisotopic (exact) mass is 277 g/mol. The van der Waals surface area contributed by atoms with Crippen LogP contribution >= 0.6 is 0 Å². The third-order valence-electron chi connectivity index (χ3n) is 3.08. The van der Waals surface area contributed by atoms with Crippen molar-refractivity contribution in [3.8, 4) is 5.75 Å². The molecule has 2 nitrogen and oxygen atoms in total. The van der Waals surface area contributed by atoms with Crippen molar-refractivity contribution in [2.24, 2.45) is 5.73 Å². The zero-order valence-electron chi connectivity index (χ0n) is 11.3. The molecule has 0 bridgehead atoms. The van der Waals surface area contributed by atoms with E-state index in [1.807, 2.05) is 19.1 Å². The van der Waals surface area contributed by atoms with Crippen molar-refractivity contribution in [3.63, 3.8) is 0 Å². The van der Waals surface area contributed by atoms with Crippen LogP contribution in [0.15, 0.2) is 42.5 Å². The van der Waals surface area contributed by atoms with E-state index in [1.54, 1.807) is 12.1 Å². The van der Waals surface area contributed by atoms with E-state index in [0.717, 1.165) is 18.1 Å². The van der Waals surface area contributed by atoms with Crippen LogP contribution in [0.4, 0.5) is 8.78 Å². The van der Waals surface area contributed by atoms with Gasteiger partial charge in [0.2, 0.25) is 0 Å². The van der Waals surface area contributed by atoms with Gasteiger partial charge in [0.25, 0.3) is 0 Å². The van der Waals surface area contributed by atoms with Gasteiger partial charge >= 0.3 is 0 Å². The summed E-state index contributed by atoms with van der Waals surface area (Å²) < 4.78 is 31.5. The average Bonchev–Trinajstić information content (AvgIpc) is 2.44. The minimum atomic E-state index is -0.604. The second-order valence-electron chi connectivity index (χ2n) is 4.65. The molecule has 0 aliphatic heterocycles. The number of rotatable bonds is 5. The number of nitrogens with two attached hydrogens (primary N) is 1. The van der Waals surface area contributed by atoms with Crippen molar-refractivity contribution in [2.45, 2.75) is 26.0 Å². The van der Waals surface area contributed by atoms with Crippen LogP contribution in [-0.4, -0.2) is 0 Å². The van der Waals surface area contributed by atoms with Gasteiger partial charge in [0.15, 0.2) is 0 Å². The molecular weight excluding hydrogens is 260 g/mol. The molecule has 0 aromatic heterocycles. The van der Waals surface area contributed by atoms with Gasteiger partial charge in [0, 0.05) is 12.1 Å². The van der Waals surface area contributed by atoms with Crippen LogP contribution in [0.3, 0.4) is 0 Å². The Labute approximate surface area is 117 Å². The number of ether oxygens (including phenoxy) is 1. The smallest absolute Gasteiger partial charge is 0.126 e. The molecule has 4 heteroatoms. The highest BCUT2D eigenvalue weighted by molar-refractivity contribution is 5.29. The second kappa shape index (κ2) is 6.48. The van der Waals surface area contributed by atoms with Gasteiger partial charge in [-0.1, -0.05) is 19.1 Å². The van der Waals surface area contributed by atoms with Gasteiger partial charge in [-0.3, -0.25) is 0 Å². The Bertz CT molecular complexity index is 549. The van der Waals surface area contributed by atoms with E-state index in [9.17, 15) is 8.78 Å². The van der Waals surface area contributed by atoms with E-state index in [-0.39, 0.29) is 12.6 Å². The molecule has 0 fully saturated rings. The zero-order valence-corrected chi connectivity index (χ0v) is 11.3. The minimum Gasteiger partial charge on any atom is -0.489 e. The molecular formula is C16H17F2NO. The Morgan fingerprint density at radius 2 is 1.65 bits per heavy atom. The highest BCUT2D eigenvalue weighted by atomic mass is 19.1. The lowest BCUT2D eigenvalue weighted by Crippen LogP contribution is -2.08. The summed E-state index contributed by atoms with van der Waals surface area (Å²) in [5.74, 6) is -0.567. The third-order valence-corrected chi connectivity index (χ3v) is 3.08. The van der Waals surface area contributed by atoms with Gasteiger partial charge in [-0.05, 0) is 41.8 Å². The zero-order chi connectivity index (χ0) is 14.5. The molecule has 2 N–H and O–H groups in total. The average molecular weight is 277 g/mol. The number of hydrogen-bond acceptors (Lipinski definition) is 2. The molecule has 0 saturated carbocycles. The van der Waals surface area contributed by atoms with Gasteiger partial charge in [0.05, 0.1) is 0 Å². The summed E-state index contributed by atoms with van der Waals surface area (Å²) >= 11 is 0. The third kappa shape index (κ3) is 3.78. The van der Waals surface area contributed by atoms with Crippen LogP contribution in [-0.2, 0) is 6.61 Å². The Hall–Kier alpha value is -1.94. The fraction of sp³-hybridized carbons (Fsp3) is 0.250. The molecule has 0 amide bonds. The summed E-state index contributed by atoms with van der Waals surface area (Å²) in [5.41, 5.74) is 7.41. The van der Waals surface area contributed by atoms with Crippen LogP contribution in [0, 0.1) is 11.6 Å². The molecule has 106 valence electrons. The normalized spacial score (nSPS) is 12.2. The van der Waals surface area contributed by atoms with Crippen LogP contribution < -0.4 is 10.5 Å². The number of halogens is 2. The summed E-state index contributed by atoms with van der Waals surface area (Å²) in [6, 6.07) is 10.8. The van der Waals surface area contributed by atoms with Crippen molar-refractivity contribution in [1.82, 2.24) is 0 Å². The first-order valence-electron chi connectivity index (χ1n) is 6.52. The molecule has 0 unspecified atom stereocenters. The molecule has 1 atom stereocenters. The van der Waals surface area contributed by atoms with E-state index in [1.165, 1.54) is 12.1 Å². The summed E-state index contributed by atoms with van der Waals surface area (Å²) in [7, 11) is 0. The highest BCUT2D eigenvalue weighted by Gasteiger charge is 2.04. The lowest BCUT2D eigenvalue weighted by atomic mass is 10.1. The van der Waals surface area contributed by atoms with Crippen molar-refractivity contribution < 1.29 is 13.5 Å². The Morgan fingerprint density at radius 3 is 2.20 bits per heavy atom. The molecule has 2 aromatic rings. The molecule has 0 spiro atoms.